The lowest BCUT2D eigenvalue weighted by atomic mass is 9.99. The van der Waals surface area contributed by atoms with Gasteiger partial charge < -0.3 is 15.1 Å². The Balaban J connectivity index is 1.48. The highest BCUT2D eigenvalue weighted by Gasteiger charge is 2.23. The number of aryl methyl sites for hydroxylation is 2. The summed E-state index contributed by atoms with van der Waals surface area (Å²) in [7, 11) is 1.84. The molecule has 5 nitrogen and oxygen atoms in total. The molecule has 0 saturated heterocycles. The summed E-state index contributed by atoms with van der Waals surface area (Å²) in [5.41, 5.74) is 6.81. The fourth-order valence-electron chi connectivity index (χ4n) is 4.04. The van der Waals surface area contributed by atoms with Gasteiger partial charge in [0.15, 0.2) is 0 Å². The Morgan fingerprint density at radius 1 is 0.889 bits per heavy atom. The molecule has 0 aliphatic carbocycles. The van der Waals surface area contributed by atoms with Crippen molar-refractivity contribution in [3.05, 3.63) is 53.1 Å². The van der Waals surface area contributed by atoms with Crippen molar-refractivity contribution in [1.82, 2.24) is 0 Å². The van der Waals surface area contributed by atoms with Gasteiger partial charge in [-0.05, 0) is 60.7 Å². The Kier molecular flexibility index (Phi) is 4.60. The van der Waals surface area contributed by atoms with E-state index in [1.165, 1.54) is 16.7 Å². The molecular formula is C22H25N3O2. The van der Waals surface area contributed by atoms with Gasteiger partial charge in [0.05, 0.1) is 0 Å². The maximum absolute atomic E-state index is 12.0. The molecule has 2 aromatic carbocycles. The highest BCUT2D eigenvalue weighted by atomic mass is 16.2. The summed E-state index contributed by atoms with van der Waals surface area (Å²) in [5.74, 6) is 0.394. The molecular weight excluding hydrogens is 338 g/mol. The zero-order valence-electron chi connectivity index (χ0n) is 15.9. The molecule has 27 heavy (non-hydrogen) atoms. The molecule has 0 saturated carbocycles. The summed E-state index contributed by atoms with van der Waals surface area (Å²) in [5, 5.41) is 3.50. The first-order valence-corrected chi connectivity index (χ1v) is 9.62. The van der Waals surface area contributed by atoms with Gasteiger partial charge in [0.25, 0.3) is 0 Å². The molecule has 4 rings (SSSR count). The van der Waals surface area contributed by atoms with Gasteiger partial charge in [-0.1, -0.05) is 12.1 Å². The number of carbonyl (C=O) groups is 2. The molecule has 2 aromatic rings. The lowest BCUT2D eigenvalue weighted by Gasteiger charge is -2.29. The highest BCUT2D eigenvalue weighted by molar-refractivity contribution is 5.97. The van der Waals surface area contributed by atoms with Gasteiger partial charge in [0.2, 0.25) is 11.8 Å². The van der Waals surface area contributed by atoms with Gasteiger partial charge in [0.1, 0.15) is 0 Å². The number of fused-ring (bicyclic) bond motifs is 2. The molecule has 0 unspecified atom stereocenters. The Labute approximate surface area is 160 Å². The minimum Gasteiger partial charge on any atom is -0.381 e. The number of anilines is 3. The molecule has 2 aliphatic rings. The standard InChI is InChI=1S/C22H25N3O2/c1-3-25-20-9-7-18(13-17(20)6-11-22(25)27)23-14-15-4-8-19-16(12-15)5-10-21(26)24(19)2/h4,7-9,12-13,23H,3,5-6,10-11,14H2,1-2H3. The van der Waals surface area contributed by atoms with Crippen molar-refractivity contribution in [3.63, 3.8) is 0 Å². The Morgan fingerprint density at radius 3 is 2.37 bits per heavy atom. The fourth-order valence-corrected chi connectivity index (χ4v) is 4.04. The average molecular weight is 363 g/mol. The van der Waals surface area contributed by atoms with Crippen LogP contribution in [0.25, 0.3) is 0 Å². The molecule has 0 atom stereocenters. The third kappa shape index (κ3) is 3.29. The minimum absolute atomic E-state index is 0.182. The number of nitrogens with one attached hydrogen (secondary N) is 1. The minimum atomic E-state index is 0.182. The van der Waals surface area contributed by atoms with Crippen LogP contribution in [-0.2, 0) is 29.0 Å². The number of amides is 2. The van der Waals surface area contributed by atoms with E-state index < -0.39 is 0 Å². The van der Waals surface area contributed by atoms with Gasteiger partial charge in [-0.15, -0.1) is 0 Å². The summed E-state index contributed by atoms with van der Waals surface area (Å²) in [6.07, 6.45) is 2.78. The van der Waals surface area contributed by atoms with Crippen molar-refractivity contribution < 1.29 is 9.59 Å². The van der Waals surface area contributed by atoms with E-state index in [1.807, 2.05) is 37.1 Å². The van der Waals surface area contributed by atoms with Crippen molar-refractivity contribution in [1.29, 1.82) is 0 Å². The predicted molar refractivity (Wildman–Crippen MR) is 108 cm³/mol. The number of nitrogens with zero attached hydrogens (tertiary/aromatic N) is 2. The molecule has 2 aliphatic heterocycles. The smallest absolute Gasteiger partial charge is 0.227 e. The molecule has 5 heteroatoms. The first-order chi connectivity index (χ1) is 13.1. The first kappa shape index (κ1) is 17.6. The van der Waals surface area contributed by atoms with Crippen molar-refractivity contribution >= 4 is 28.9 Å². The van der Waals surface area contributed by atoms with E-state index in [9.17, 15) is 9.59 Å². The van der Waals surface area contributed by atoms with Crippen LogP contribution in [0.1, 0.15) is 36.5 Å². The summed E-state index contributed by atoms with van der Waals surface area (Å²) in [6.45, 7) is 3.46. The quantitative estimate of drug-likeness (QED) is 0.904. The van der Waals surface area contributed by atoms with Crippen LogP contribution < -0.4 is 15.1 Å². The molecule has 0 radical (unpaired) electrons. The van der Waals surface area contributed by atoms with Gasteiger partial charge in [-0.2, -0.15) is 0 Å². The number of hydrogen-bond acceptors (Lipinski definition) is 3. The molecule has 0 fully saturated rings. The van der Waals surface area contributed by atoms with Crippen LogP contribution in [0.2, 0.25) is 0 Å². The number of rotatable bonds is 4. The van der Waals surface area contributed by atoms with Gasteiger partial charge >= 0.3 is 0 Å². The van der Waals surface area contributed by atoms with Crippen molar-refractivity contribution in [2.75, 3.05) is 28.7 Å². The molecule has 1 N–H and O–H groups in total. The molecule has 0 aromatic heterocycles. The zero-order valence-corrected chi connectivity index (χ0v) is 15.9. The van der Waals surface area contributed by atoms with Crippen molar-refractivity contribution in [3.8, 4) is 0 Å². The van der Waals surface area contributed by atoms with Gasteiger partial charge in [-0.25, -0.2) is 0 Å². The maximum Gasteiger partial charge on any atom is 0.227 e. The van der Waals surface area contributed by atoms with Crippen LogP contribution in [-0.4, -0.2) is 25.4 Å². The average Bonchev–Trinajstić information content (AvgIpc) is 2.69. The van der Waals surface area contributed by atoms with E-state index in [0.29, 0.717) is 19.4 Å². The molecule has 2 amide bonds. The van der Waals surface area contributed by atoms with Crippen molar-refractivity contribution in [2.45, 2.75) is 39.2 Å². The lowest BCUT2D eigenvalue weighted by Crippen LogP contribution is -2.34. The molecule has 2 heterocycles. The van der Waals surface area contributed by atoms with Crippen LogP contribution in [0.5, 0.6) is 0 Å². The van der Waals surface area contributed by atoms with E-state index in [0.717, 1.165) is 36.4 Å². The first-order valence-electron chi connectivity index (χ1n) is 9.62. The Hall–Kier alpha value is -2.82. The lowest BCUT2D eigenvalue weighted by molar-refractivity contribution is -0.119. The zero-order chi connectivity index (χ0) is 19.0. The second kappa shape index (κ2) is 7.06. The van der Waals surface area contributed by atoms with Crippen LogP contribution in [0.15, 0.2) is 36.4 Å². The van der Waals surface area contributed by atoms with E-state index in [-0.39, 0.29) is 11.8 Å². The third-order valence-corrected chi connectivity index (χ3v) is 5.58. The van der Waals surface area contributed by atoms with E-state index in [2.05, 4.69) is 23.5 Å². The molecule has 140 valence electrons. The molecule has 0 spiro atoms. The Morgan fingerprint density at radius 2 is 1.59 bits per heavy atom. The monoisotopic (exact) mass is 363 g/mol. The van der Waals surface area contributed by atoms with E-state index in [1.54, 1.807) is 4.90 Å². The van der Waals surface area contributed by atoms with Crippen LogP contribution in [0.3, 0.4) is 0 Å². The summed E-state index contributed by atoms with van der Waals surface area (Å²) >= 11 is 0. The van der Waals surface area contributed by atoms with Crippen LogP contribution >= 0.6 is 0 Å². The van der Waals surface area contributed by atoms with E-state index >= 15 is 0 Å². The normalized spacial score (nSPS) is 16.2. The largest absolute Gasteiger partial charge is 0.381 e. The van der Waals surface area contributed by atoms with Gasteiger partial charge in [0, 0.05) is 50.0 Å². The number of carbonyl (C=O) groups excluding carboxylic acids is 2. The summed E-state index contributed by atoms with van der Waals surface area (Å²) < 4.78 is 0. The predicted octanol–water partition coefficient (Wildman–Crippen LogP) is 3.51. The summed E-state index contributed by atoms with van der Waals surface area (Å²) in [6, 6.07) is 12.6. The SMILES string of the molecule is CCN1C(=O)CCc2cc(NCc3ccc4c(c3)CCC(=O)N4C)ccc21. The second-order valence-corrected chi connectivity index (χ2v) is 7.25. The van der Waals surface area contributed by atoms with Crippen LogP contribution in [0.4, 0.5) is 17.1 Å². The molecule has 0 bridgehead atoms. The topological polar surface area (TPSA) is 52.7 Å². The van der Waals surface area contributed by atoms with Crippen LogP contribution in [0, 0.1) is 0 Å². The Bertz CT molecular complexity index is 906. The number of benzene rings is 2. The highest BCUT2D eigenvalue weighted by Crippen LogP contribution is 2.31. The second-order valence-electron chi connectivity index (χ2n) is 7.25. The van der Waals surface area contributed by atoms with Crippen molar-refractivity contribution in [2.24, 2.45) is 0 Å². The van der Waals surface area contributed by atoms with Gasteiger partial charge in [-0.3, -0.25) is 9.59 Å². The van der Waals surface area contributed by atoms with E-state index in [4.69, 9.17) is 0 Å². The fraction of sp³-hybridized carbons (Fsp3) is 0.364. The maximum atomic E-state index is 12.0. The third-order valence-electron chi connectivity index (χ3n) is 5.58. The summed E-state index contributed by atoms with van der Waals surface area (Å²) in [4.78, 5) is 27.5. The number of hydrogen-bond donors (Lipinski definition) is 1.